The van der Waals surface area contributed by atoms with Crippen molar-refractivity contribution >= 4 is 39.1 Å². The zero-order valence-corrected chi connectivity index (χ0v) is 17.7. The second-order valence-corrected chi connectivity index (χ2v) is 9.64. The van der Waals surface area contributed by atoms with Gasteiger partial charge in [0.25, 0.3) is 5.91 Å². The van der Waals surface area contributed by atoms with Gasteiger partial charge >= 0.3 is 0 Å². The van der Waals surface area contributed by atoms with Crippen LogP contribution in [0.5, 0.6) is 0 Å². The summed E-state index contributed by atoms with van der Waals surface area (Å²) in [6.45, 7) is 6.39. The van der Waals surface area contributed by atoms with Crippen molar-refractivity contribution in [1.29, 1.82) is 0 Å². The Morgan fingerprint density at radius 3 is 2.15 bits per heavy atom. The van der Waals surface area contributed by atoms with E-state index in [1.54, 1.807) is 30.3 Å². The third kappa shape index (κ3) is 5.94. The van der Waals surface area contributed by atoms with Gasteiger partial charge < -0.3 is 5.32 Å². The summed E-state index contributed by atoms with van der Waals surface area (Å²) in [5.41, 5.74) is 1.35. The quantitative estimate of drug-likeness (QED) is 0.682. The molecule has 0 saturated carbocycles. The Labute approximate surface area is 170 Å². The van der Waals surface area contributed by atoms with E-state index < -0.39 is 10.0 Å². The van der Waals surface area contributed by atoms with Crippen molar-refractivity contribution in [2.24, 2.45) is 0 Å². The third-order valence-electron chi connectivity index (χ3n) is 3.92. The zero-order valence-electron chi connectivity index (χ0n) is 15.3. The second kappa shape index (κ2) is 8.61. The molecule has 0 heterocycles. The van der Waals surface area contributed by atoms with Gasteiger partial charge in [-0.2, -0.15) is 0 Å². The molecule has 0 aliphatic carbocycles. The van der Waals surface area contributed by atoms with Crippen molar-refractivity contribution in [3.8, 4) is 0 Å². The SMILES string of the molecule is CC(C)(C)c1ccc(S(=O)(=O)NCCNC(=O)c2ccc(Cl)c(Cl)c2)cc1. The number of nitrogens with one attached hydrogen (secondary N) is 2. The molecule has 0 aromatic heterocycles. The standard InChI is InChI=1S/C19H22Cl2N2O3S/c1-19(2,3)14-5-7-15(8-6-14)27(25,26)23-11-10-22-18(24)13-4-9-16(20)17(21)12-13/h4-9,12,23H,10-11H2,1-3H3,(H,22,24). The lowest BCUT2D eigenvalue weighted by atomic mass is 9.87. The molecule has 5 nitrogen and oxygen atoms in total. The van der Waals surface area contributed by atoms with E-state index in [1.165, 1.54) is 12.1 Å². The number of carbonyl (C=O) groups excluding carboxylic acids is 1. The fourth-order valence-electron chi connectivity index (χ4n) is 2.32. The maximum atomic E-state index is 12.3. The van der Waals surface area contributed by atoms with E-state index in [-0.39, 0.29) is 34.3 Å². The molecule has 0 unspecified atom stereocenters. The van der Waals surface area contributed by atoms with E-state index in [0.717, 1.165) is 5.56 Å². The number of hydrogen-bond acceptors (Lipinski definition) is 3. The first-order valence-corrected chi connectivity index (χ1v) is 10.6. The van der Waals surface area contributed by atoms with Gasteiger partial charge in [0.2, 0.25) is 10.0 Å². The van der Waals surface area contributed by atoms with Crippen molar-refractivity contribution in [2.75, 3.05) is 13.1 Å². The van der Waals surface area contributed by atoms with E-state index in [1.807, 2.05) is 0 Å². The molecule has 8 heteroatoms. The minimum absolute atomic E-state index is 0.0510. The van der Waals surface area contributed by atoms with Crippen LogP contribution in [0.15, 0.2) is 47.4 Å². The van der Waals surface area contributed by atoms with Gasteiger partial charge in [0, 0.05) is 18.7 Å². The number of carbonyl (C=O) groups is 1. The largest absolute Gasteiger partial charge is 0.351 e. The molecule has 0 saturated heterocycles. The molecule has 0 aliphatic heterocycles. The molecule has 0 fully saturated rings. The molecule has 0 spiro atoms. The topological polar surface area (TPSA) is 75.3 Å². The van der Waals surface area contributed by atoms with Crippen LogP contribution in [0.2, 0.25) is 10.0 Å². The number of halogens is 2. The Hall–Kier alpha value is -1.60. The first kappa shape index (κ1) is 21.7. The fraction of sp³-hybridized carbons (Fsp3) is 0.316. The van der Waals surface area contributed by atoms with Crippen molar-refractivity contribution in [1.82, 2.24) is 10.0 Å². The Morgan fingerprint density at radius 2 is 1.59 bits per heavy atom. The summed E-state index contributed by atoms with van der Waals surface area (Å²) in [5, 5.41) is 3.27. The van der Waals surface area contributed by atoms with Crippen LogP contribution in [0, 0.1) is 0 Å². The highest BCUT2D eigenvalue weighted by Crippen LogP contribution is 2.23. The van der Waals surface area contributed by atoms with Crippen LogP contribution in [0.3, 0.4) is 0 Å². The van der Waals surface area contributed by atoms with Gasteiger partial charge in [-0.3, -0.25) is 4.79 Å². The summed E-state index contributed by atoms with van der Waals surface area (Å²) >= 11 is 11.7. The lowest BCUT2D eigenvalue weighted by Crippen LogP contribution is -2.34. The highest BCUT2D eigenvalue weighted by Gasteiger charge is 2.17. The van der Waals surface area contributed by atoms with E-state index in [9.17, 15) is 13.2 Å². The monoisotopic (exact) mass is 428 g/mol. The van der Waals surface area contributed by atoms with E-state index in [0.29, 0.717) is 10.6 Å². The van der Waals surface area contributed by atoms with Crippen LogP contribution in [0.1, 0.15) is 36.7 Å². The van der Waals surface area contributed by atoms with Gasteiger partial charge in [-0.05, 0) is 41.3 Å². The molecule has 0 radical (unpaired) electrons. The minimum Gasteiger partial charge on any atom is -0.351 e. The molecule has 0 atom stereocenters. The average Bonchev–Trinajstić information content (AvgIpc) is 2.60. The van der Waals surface area contributed by atoms with Gasteiger partial charge in [0.05, 0.1) is 14.9 Å². The van der Waals surface area contributed by atoms with Crippen LogP contribution in [-0.2, 0) is 15.4 Å². The first-order valence-electron chi connectivity index (χ1n) is 8.34. The van der Waals surface area contributed by atoms with Gasteiger partial charge in [0.1, 0.15) is 0 Å². The number of sulfonamides is 1. The van der Waals surface area contributed by atoms with Gasteiger partial charge in [0.15, 0.2) is 0 Å². The highest BCUT2D eigenvalue weighted by molar-refractivity contribution is 7.89. The van der Waals surface area contributed by atoms with Crippen molar-refractivity contribution < 1.29 is 13.2 Å². The molecule has 2 aromatic carbocycles. The molecule has 27 heavy (non-hydrogen) atoms. The predicted molar refractivity (Wildman–Crippen MR) is 109 cm³/mol. The van der Waals surface area contributed by atoms with Crippen LogP contribution < -0.4 is 10.0 Å². The third-order valence-corrected chi connectivity index (χ3v) is 6.13. The molecule has 0 aliphatic rings. The molecule has 2 N–H and O–H groups in total. The summed E-state index contributed by atoms with van der Waals surface area (Å²) < 4.78 is 27.1. The Kier molecular flexibility index (Phi) is 6.92. The zero-order chi connectivity index (χ0) is 20.2. The summed E-state index contributed by atoms with van der Waals surface area (Å²) in [6, 6.07) is 11.3. The van der Waals surface area contributed by atoms with Crippen molar-refractivity contribution in [3.05, 3.63) is 63.6 Å². The van der Waals surface area contributed by atoms with Crippen LogP contribution in [-0.4, -0.2) is 27.4 Å². The number of rotatable bonds is 6. The average molecular weight is 429 g/mol. The summed E-state index contributed by atoms with van der Waals surface area (Å²) in [6.07, 6.45) is 0. The number of hydrogen-bond donors (Lipinski definition) is 2. The Balaban J connectivity index is 1.90. The maximum absolute atomic E-state index is 12.3. The lowest BCUT2D eigenvalue weighted by molar-refractivity contribution is 0.0954. The molecular formula is C19H22Cl2N2O3S. The van der Waals surface area contributed by atoms with Gasteiger partial charge in [-0.1, -0.05) is 56.1 Å². The molecule has 1 amide bonds. The van der Waals surface area contributed by atoms with E-state index >= 15 is 0 Å². The smallest absolute Gasteiger partial charge is 0.251 e. The number of benzene rings is 2. The van der Waals surface area contributed by atoms with Gasteiger partial charge in [-0.25, -0.2) is 13.1 Å². The summed E-state index contributed by atoms with van der Waals surface area (Å²) in [4.78, 5) is 12.2. The first-order chi connectivity index (χ1) is 12.5. The fourth-order valence-corrected chi connectivity index (χ4v) is 3.65. The molecule has 2 aromatic rings. The van der Waals surface area contributed by atoms with Gasteiger partial charge in [-0.15, -0.1) is 0 Å². The maximum Gasteiger partial charge on any atom is 0.251 e. The molecular weight excluding hydrogens is 407 g/mol. The second-order valence-electron chi connectivity index (χ2n) is 7.06. The number of amides is 1. The molecule has 146 valence electrons. The molecule has 2 rings (SSSR count). The normalized spacial score (nSPS) is 12.0. The van der Waals surface area contributed by atoms with Crippen molar-refractivity contribution in [2.45, 2.75) is 31.1 Å². The van der Waals surface area contributed by atoms with E-state index in [2.05, 4.69) is 30.8 Å². The van der Waals surface area contributed by atoms with Crippen LogP contribution >= 0.6 is 23.2 Å². The van der Waals surface area contributed by atoms with Crippen LogP contribution in [0.25, 0.3) is 0 Å². The van der Waals surface area contributed by atoms with Crippen molar-refractivity contribution in [3.63, 3.8) is 0 Å². The molecule has 0 bridgehead atoms. The van der Waals surface area contributed by atoms with Crippen LogP contribution in [0.4, 0.5) is 0 Å². The lowest BCUT2D eigenvalue weighted by Gasteiger charge is -2.19. The predicted octanol–water partition coefficient (Wildman–Crippen LogP) is 4.00. The highest BCUT2D eigenvalue weighted by atomic mass is 35.5. The summed E-state index contributed by atoms with van der Waals surface area (Å²) in [5.74, 6) is -0.359. The minimum atomic E-state index is -3.64. The van der Waals surface area contributed by atoms with E-state index in [4.69, 9.17) is 23.2 Å². The Morgan fingerprint density at radius 1 is 0.963 bits per heavy atom. The summed E-state index contributed by atoms with van der Waals surface area (Å²) in [7, 11) is -3.64. The Bertz CT molecular complexity index is 921.